The smallest absolute Gasteiger partial charge is 0.479 e. The number of nitrogens with one attached hydrogen (secondary N) is 1. The fourth-order valence-corrected chi connectivity index (χ4v) is 4.77. The van der Waals surface area contributed by atoms with Gasteiger partial charge < -0.3 is 20.3 Å². The molecule has 2 aromatic carbocycles. The average Bonchev–Trinajstić information content (AvgIpc) is 3.32. The number of aliphatic hydroxyl groups excluding tert-OH is 1. The molecule has 0 spiro atoms. The minimum absolute atomic E-state index is 0.297. The van der Waals surface area contributed by atoms with Crippen LogP contribution in [0.3, 0.4) is 0 Å². The van der Waals surface area contributed by atoms with Crippen LogP contribution in [0.4, 0.5) is 13.2 Å². The summed E-state index contributed by atoms with van der Waals surface area (Å²) in [6.07, 6.45) is -0.990. The Labute approximate surface area is 223 Å². The molecule has 2 atom stereocenters. The van der Waals surface area contributed by atoms with Gasteiger partial charge in [-0.15, -0.1) is 13.2 Å². The molecule has 1 heterocycles. The van der Waals surface area contributed by atoms with E-state index in [0.717, 1.165) is 36.9 Å². The van der Waals surface area contributed by atoms with E-state index in [1.807, 2.05) is 10.7 Å². The lowest BCUT2D eigenvalue weighted by atomic mass is 9.86. The van der Waals surface area contributed by atoms with Crippen LogP contribution in [-0.4, -0.2) is 50.4 Å². The predicted molar refractivity (Wildman–Crippen MR) is 136 cm³/mol. The number of carbonyl (C=O) groups excluding carboxylic acids is 1. The van der Waals surface area contributed by atoms with Crippen LogP contribution in [0, 0.1) is 0 Å². The monoisotopic (exact) mass is 545 g/mol. The second-order valence-electron chi connectivity index (χ2n) is 9.76. The summed E-state index contributed by atoms with van der Waals surface area (Å²) in [5.41, 5.74) is 3.57. The highest BCUT2D eigenvalue weighted by Crippen LogP contribution is 2.35. The van der Waals surface area contributed by atoms with Crippen molar-refractivity contribution in [2.24, 2.45) is 0 Å². The Morgan fingerprint density at radius 3 is 2.31 bits per heavy atom. The van der Waals surface area contributed by atoms with E-state index in [2.05, 4.69) is 10.1 Å². The second-order valence-corrected chi connectivity index (χ2v) is 9.76. The lowest BCUT2D eigenvalue weighted by Crippen LogP contribution is -2.44. The van der Waals surface area contributed by atoms with Gasteiger partial charge in [0.15, 0.2) is 6.10 Å². The summed E-state index contributed by atoms with van der Waals surface area (Å²) in [4.78, 5) is 23.4. The normalized spacial score (nSPS) is 15.9. The topological polar surface area (TPSA) is 114 Å². The molecule has 208 valence electrons. The SMILES string of the molecule is CC(NC(=O)c1ccc(Cn2nc(-c3ccc(OC(F)(F)F)cc3)cc2C2CCCCC2)cc1)[C@@H](O)C(=O)O. The van der Waals surface area contributed by atoms with Gasteiger partial charge in [-0.3, -0.25) is 9.48 Å². The molecule has 1 aliphatic carbocycles. The Hall–Kier alpha value is -3.86. The molecule has 1 saturated carbocycles. The minimum Gasteiger partial charge on any atom is -0.479 e. The zero-order valence-electron chi connectivity index (χ0n) is 21.3. The summed E-state index contributed by atoms with van der Waals surface area (Å²) in [6, 6.07) is 13.5. The van der Waals surface area contributed by atoms with Crippen molar-refractivity contribution in [3.05, 3.63) is 71.4 Å². The number of amides is 1. The standard InChI is InChI=1S/C28H30F3N3O5/c1-17(25(35)27(37)38)32-26(36)21-9-7-18(8-10-21)16-34-24(20-5-3-2-4-6-20)15-23(33-34)19-11-13-22(14-12-19)39-28(29,30)31/h7-15,17,20,25,35H,2-6,16H2,1H3,(H,32,36)(H,37,38)/t17?,25-/m1/s1. The number of ether oxygens (including phenoxy) is 1. The van der Waals surface area contributed by atoms with Crippen LogP contribution in [-0.2, 0) is 11.3 Å². The maximum atomic E-state index is 12.5. The Kier molecular flexibility index (Phi) is 8.59. The largest absolute Gasteiger partial charge is 0.573 e. The fraction of sp³-hybridized carbons (Fsp3) is 0.393. The van der Waals surface area contributed by atoms with E-state index in [1.165, 1.54) is 25.5 Å². The first-order valence-electron chi connectivity index (χ1n) is 12.7. The second kappa shape index (κ2) is 11.9. The Bertz CT molecular complexity index is 1280. The summed E-state index contributed by atoms with van der Waals surface area (Å²) < 4.78 is 43.5. The summed E-state index contributed by atoms with van der Waals surface area (Å²) in [5.74, 6) is -1.90. The minimum atomic E-state index is -4.76. The predicted octanol–water partition coefficient (Wildman–Crippen LogP) is 5.11. The van der Waals surface area contributed by atoms with Gasteiger partial charge in [0.25, 0.3) is 5.91 Å². The van der Waals surface area contributed by atoms with Gasteiger partial charge >= 0.3 is 12.3 Å². The number of benzene rings is 2. The molecule has 8 nitrogen and oxygen atoms in total. The van der Waals surface area contributed by atoms with Gasteiger partial charge in [-0.1, -0.05) is 31.4 Å². The highest BCUT2D eigenvalue weighted by Gasteiger charge is 2.31. The van der Waals surface area contributed by atoms with Crippen molar-refractivity contribution in [3.8, 4) is 17.0 Å². The Balaban J connectivity index is 1.53. The van der Waals surface area contributed by atoms with Gasteiger partial charge in [-0.2, -0.15) is 5.10 Å². The molecule has 0 saturated heterocycles. The molecular formula is C28H30F3N3O5. The molecule has 0 radical (unpaired) electrons. The number of aliphatic hydroxyl groups is 1. The number of aromatic nitrogens is 2. The number of rotatable bonds is 9. The van der Waals surface area contributed by atoms with Gasteiger partial charge in [0, 0.05) is 22.7 Å². The van der Waals surface area contributed by atoms with E-state index >= 15 is 0 Å². The van der Waals surface area contributed by atoms with E-state index in [9.17, 15) is 27.9 Å². The quantitative estimate of drug-likeness (QED) is 0.345. The maximum absolute atomic E-state index is 12.5. The van der Waals surface area contributed by atoms with Crippen molar-refractivity contribution in [1.29, 1.82) is 0 Å². The van der Waals surface area contributed by atoms with Crippen molar-refractivity contribution >= 4 is 11.9 Å². The zero-order chi connectivity index (χ0) is 28.2. The molecule has 1 aromatic heterocycles. The van der Waals surface area contributed by atoms with Crippen molar-refractivity contribution in [1.82, 2.24) is 15.1 Å². The molecule has 3 aromatic rings. The van der Waals surface area contributed by atoms with Gasteiger partial charge in [0.1, 0.15) is 5.75 Å². The number of halogens is 3. The third-order valence-electron chi connectivity index (χ3n) is 6.85. The number of nitrogens with zero attached hydrogens (tertiary/aromatic N) is 2. The van der Waals surface area contributed by atoms with Gasteiger partial charge in [-0.25, -0.2) is 4.79 Å². The van der Waals surface area contributed by atoms with E-state index in [-0.39, 0.29) is 5.75 Å². The van der Waals surface area contributed by atoms with Crippen molar-refractivity contribution in [2.75, 3.05) is 0 Å². The van der Waals surface area contributed by atoms with Crippen LogP contribution in [0.15, 0.2) is 54.6 Å². The lowest BCUT2D eigenvalue weighted by Gasteiger charge is -2.22. The molecular weight excluding hydrogens is 515 g/mol. The first kappa shape index (κ1) is 28.2. The Morgan fingerprint density at radius 1 is 1.08 bits per heavy atom. The number of hydrogen-bond donors (Lipinski definition) is 3. The third kappa shape index (κ3) is 7.38. The molecule has 1 unspecified atom stereocenters. The van der Waals surface area contributed by atoms with E-state index < -0.39 is 30.4 Å². The van der Waals surface area contributed by atoms with Crippen LogP contribution in [0.2, 0.25) is 0 Å². The summed E-state index contributed by atoms with van der Waals surface area (Å²) in [6.45, 7) is 1.83. The van der Waals surface area contributed by atoms with Crippen LogP contribution in [0.1, 0.15) is 66.6 Å². The maximum Gasteiger partial charge on any atom is 0.573 e. The number of carbonyl (C=O) groups is 2. The first-order chi connectivity index (χ1) is 18.5. The first-order valence-corrected chi connectivity index (χ1v) is 12.7. The number of hydrogen-bond acceptors (Lipinski definition) is 5. The Morgan fingerprint density at radius 2 is 1.72 bits per heavy atom. The third-order valence-corrected chi connectivity index (χ3v) is 6.85. The molecule has 1 amide bonds. The van der Waals surface area contributed by atoms with Crippen LogP contribution in [0.25, 0.3) is 11.3 Å². The van der Waals surface area contributed by atoms with Gasteiger partial charge in [0.05, 0.1) is 18.3 Å². The molecule has 39 heavy (non-hydrogen) atoms. The molecule has 1 aliphatic rings. The summed E-state index contributed by atoms with van der Waals surface area (Å²) in [5, 5.41) is 25.8. The van der Waals surface area contributed by atoms with Crippen LogP contribution in [0.5, 0.6) is 5.75 Å². The van der Waals surface area contributed by atoms with Gasteiger partial charge in [-0.05, 0) is 67.8 Å². The number of alkyl halides is 3. The zero-order valence-corrected chi connectivity index (χ0v) is 21.3. The number of aliphatic carboxylic acids is 1. The van der Waals surface area contributed by atoms with Crippen molar-refractivity contribution < 1.29 is 37.7 Å². The van der Waals surface area contributed by atoms with E-state index in [1.54, 1.807) is 36.4 Å². The molecule has 0 bridgehead atoms. The summed E-state index contributed by atoms with van der Waals surface area (Å²) in [7, 11) is 0. The molecule has 1 fully saturated rings. The van der Waals surface area contributed by atoms with Crippen molar-refractivity contribution in [3.63, 3.8) is 0 Å². The number of carboxylic acids is 1. The molecule has 11 heteroatoms. The summed E-state index contributed by atoms with van der Waals surface area (Å²) >= 11 is 0. The lowest BCUT2D eigenvalue weighted by molar-refractivity contribution is -0.274. The molecule has 3 N–H and O–H groups in total. The average molecular weight is 546 g/mol. The van der Waals surface area contributed by atoms with Crippen molar-refractivity contribution in [2.45, 2.75) is 70.0 Å². The van der Waals surface area contributed by atoms with Gasteiger partial charge in [0.2, 0.25) is 0 Å². The fourth-order valence-electron chi connectivity index (χ4n) is 4.77. The van der Waals surface area contributed by atoms with Crippen LogP contribution < -0.4 is 10.1 Å². The van der Waals surface area contributed by atoms with Crippen LogP contribution >= 0.6 is 0 Å². The molecule has 4 rings (SSSR count). The highest BCUT2D eigenvalue weighted by molar-refractivity contribution is 5.94. The number of carboxylic acid groups (broad SMARTS) is 1. The van der Waals surface area contributed by atoms with E-state index in [4.69, 9.17) is 10.2 Å². The highest BCUT2D eigenvalue weighted by atomic mass is 19.4. The van der Waals surface area contributed by atoms with E-state index in [0.29, 0.717) is 29.3 Å². The molecule has 0 aliphatic heterocycles.